The lowest BCUT2D eigenvalue weighted by Gasteiger charge is -1.95. The molecule has 4 nitrogen and oxygen atoms in total. The quantitative estimate of drug-likeness (QED) is 0.711. The summed E-state index contributed by atoms with van der Waals surface area (Å²) in [5.74, 6) is -0.465. The molecule has 6 heteroatoms. The van der Waals surface area contributed by atoms with E-state index >= 15 is 0 Å². The maximum atomic E-state index is 10.8. The van der Waals surface area contributed by atoms with Crippen molar-refractivity contribution in [2.24, 2.45) is 0 Å². The molecule has 12 heavy (non-hydrogen) atoms. The summed E-state index contributed by atoms with van der Waals surface area (Å²) >= 11 is 3.14. The Hall–Kier alpha value is -0.680. The minimum atomic E-state index is -0.530. The van der Waals surface area contributed by atoms with Crippen LogP contribution in [0.5, 0.6) is 0 Å². The lowest BCUT2D eigenvalue weighted by atomic mass is 10.6. The normalized spacial score (nSPS) is 8.50. The van der Waals surface area contributed by atoms with Gasteiger partial charge in [-0.1, -0.05) is 0 Å². The van der Waals surface area contributed by atoms with E-state index in [4.69, 9.17) is 0 Å². The molecule has 66 valence electrons. The number of nitrogens with zero attached hydrogens (tertiary/aromatic N) is 2. The van der Waals surface area contributed by atoms with Crippen LogP contribution >= 0.6 is 28.3 Å². The summed E-state index contributed by atoms with van der Waals surface area (Å²) in [6.07, 6.45) is 2.97. The number of esters is 1. The Morgan fingerprint density at radius 1 is 1.50 bits per heavy atom. The highest BCUT2D eigenvalue weighted by molar-refractivity contribution is 9.10. The van der Waals surface area contributed by atoms with Crippen molar-refractivity contribution in [2.75, 3.05) is 7.11 Å². The van der Waals surface area contributed by atoms with Crippen LogP contribution in [-0.2, 0) is 4.74 Å². The van der Waals surface area contributed by atoms with Crippen molar-refractivity contribution in [2.45, 2.75) is 0 Å². The molecule has 0 aromatic carbocycles. The zero-order valence-electron chi connectivity index (χ0n) is 6.15. The SMILES string of the molecule is COC(=O)c1ncc(Br)cn1.Cl. The smallest absolute Gasteiger partial charge is 0.376 e. The molecule has 1 aromatic rings. The van der Waals surface area contributed by atoms with Crippen LogP contribution in [0.15, 0.2) is 16.9 Å². The minimum Gasteiger partial charge on any atom is -0.463 e. The predicted molar refractivity (Wildman–Crippen MR) is 48.3 cm³/mol. The maximum absolute atomic E-state index is 10.8. The van der Waals surface area contributed by atoms with E-state index in [1.54, 1.807) is 0 Å². The second kappa shape index (κ2) is 5.05. The van der Waals surface area contributed by atoms with Crippen LogP contribution in [0.25, 0.3) is 0 Å². The molecule has 0 radical (unpaired) electrons. The molecule has 0 amide bonds. The molecule has 0 aliphatic heterocycles. The van der Waals surface area contributed by atoms with Crippen LogP contribution in [0.3, 0.4) is 0 Å². The van der Waals surface area contributed by atoms with Crippen LogP contribution in [0.2, 0.25) is 0 Å². The zero-order valence-corrected chi connectivity index (χ0v) is 8.55. The van der Waals surface area contributed by atoms with E-state index in [0.717, 1.165) is 4.47 Å². The van der Waals surface area contributed by atoms with Crippen molar-refractivity contribution in [3.05, 3.63) is 22.7 Å². The molecular weight excluding hydrogens is 247 g/mol. The molecule has 1 aromatic heterocycles. The summed E-state index contributed by atoms with van der Waals surface area (Å²) in [5, 5.41) is 0. The molecule has 0 atom stereocenters. The van der Waals surface area contributed by atoms with E-state index in [1.165, 1.54) is 19.5 Å². The van der Waals surface area contributed by atoms with E-state index in [9.17, 15) is 4.79 Å². The fourth-order valence-electron chi connectivity index (χ4n) is 0.509. The summed E-state index contributed by atoms with van der Waals surface area (Å²) in [6.45, 7) is 0. The van der Waals surface area contributed by atoms with Gasteiger partial charge in [-0.25, -0.2) is 14.8 Å². The Balaban J connectivity index is 0.00000121. The second-order valence-electron chi connectivity index (χ2n) is 1.72. The summed E-state index contributed by atoms with van der Waals surface area (Å²) in [4.78, 5) is 18.2. The van der Waals surface area contributed by atoms with Crippen molar-refractivity contribution in [3.63, 3.8) is 0 Å². The Bertz CT molecular complexity index is 265. The van der Waals surface area contributed by atoms with Crippen LogP contribution in [0.4, 0.5) is 0 Å². The van der Waals surface area contributed by atoms with Crippen LogP contribution in [0.1, 0.15) is 10.6 Å². The van der Waals surface area contributed by atoms with Gasteiger partial charge in [0.15, 0.2) is 0 Å². The molecule has 0 N–H and O–H groups in total. The van der Waals surface area contributed by atoms with Gasteiger partial charge in [-0.15, -0.1) is 12.4 Å². The number of halogens is 2. The number of hydrogen-bond donors (Lipinski definition) is 0. The van der Waals surface area contributed by atoms with Crippen molar-refractivity contribution in [1.82, 2.24) is 9.97 Å². The Kier molecular flexibility index (Phi) is 4.77. The van der Waals surface area contributed by atoms with E-state index in [0.29, 0.717) is 0 Å². The lowest BCUT2D eigenvalue weighted by molar-refractivity contribution is 0.0586. The molecule has 1 heterocycles. The molecule has 0 aliphatic carbocycles. The third-order valence-electron chi connectivity index (χ3n) is 0.988. The first-order chi connectivity index (χ1) is 5.24. The number of ether oxygens (including phenoxy) is 1. The van der Waals surface area contributed by atoms with Crippen LogP contribution in [0, 0.1) is 0 Å². The molecule has 0 aliphatic rings. The highest BCUT2D eigenvalue weighted by Crippen LogP contribution is 2.04. The van der Waals surface area contributed by atoms with Gasteiger partial charge in [0.25, 0.3) is 0 Å². The number of carbonyl (C=O) groups excluding carboxylic acids is 1. The molecule has 0 spiro atoms. The molecule has 0 saturated heterocycles. The van der Waals surface area contributed by atoms with Gasteiger partial charge >= 0.3 is 5.97 Å². The fraction of sp³-hybridized carbons (Fsp3) is 0.167. The van der Waals surface area contributed by atoms with E-state index in [-0.39, 0.29) is 18.2 Å². The largest absolute Gasteiger partial charge is 0.463 e. The number of hydrogen-bond acceptors (Lipinski definition) is 4. The first kappa shape index (κ1) is 11.3. The number of aromatic nitrogens is 2. The van der Waals surface area contributed by atoms with E-state index in [1.807, 2.05) is 0 Å². The third-order valence-corrected chi connectivity index (χ3v) is 1.40. The highest BCUT2D eigenvalue weighted by atomic mass is 79.9. The number of methoxy groups -OCH3 is 1. The van der Waals surface area contributed by atoms with Crippen molar-refractivity contribution in [1.29, 1.82) is 0 Å². The average molecular weight is 253 g/mol. The van der Waals surface area contributed by atoms with Crippen molar-refractivity contribution < 1.29 is 9.53 Å². The van der Waals surface area contributed by atoms with Gasteiger partial charge in [-0.3, -0.25) is 0 Å². The molecule has 1 rings (SSSR count). The maximum Gasteiger partial charge on any atom is 0.376 e. The topological polar surface area (TPSA) is 52.1 Å². The van der Waals surface area contributed by atoms with Crippen LogP contribution in [-0.4, -0.2) is 23.0 Å². The summed E-state index contributed by atoms with van der Waals surface area (Å²) in [7, 11) is 1.29. The van der Waals surface area contributed by atoms with Gasteiger partial charge in [0.2, 0.25) is 5.82 Å². The van der Waals surface area contributed by atoms with Crippen LogP contribution < -0.4 is 0 Å². The van der Waals surface area contributed by atoms with Gasteiger partial charge in [0.1, 0.15) is 0 Å². The molecular formula is C6H6BrClN2O2. The molecule has 0 fully saturated rings. The Morgan fingerprint density at radius 3 is 2.42 bits per heavy atom. The number of carbonyl (C=O) groups is 1. The predicted octanol–water partition coefficient (Wildman–Crippen LogP) is 1.45. The van der Waals surface area contributed by atoms with Crippen molar-refractivity contribution in [3.8, 4) is 0 Å². The van der Waals surface area contributed by atoms with Gasteiger partial charge < -0.3 is 4.74 Å². The standard InChI is InChI=1S/C6H5BrN2O2.ClH/c1-11-6(10)5-8-2-4(7)3-9-5;/h2-3H,1H3;1H. The highest BCUT2D eigenvalue weighted by Gasteiger charge is 2.06. The summed E-state index contributed by atoms with van der Waals surface area (Å²) < 4.78 is 5.12. The first-order valence-electron chi connectivity index (χ1n) is 2.80. The second-order valence-corrected chi connectivity index (χ2v) is 2.63. The lowest BCUT2D eigenvalue weighted by Crippen LogP contribution is -2.06. The molecule has 0 bridgehead atoms. The Labute approximate surface area is 83.9 Å². The van der Waals surface area contributed by atoms with E-state index < -0.39 is 5.97 Å². The third kappa shape index (κ3) is 2.75. The summed E-state index contributed by atoms with van der Waals surface area (Å²) in [5.41, 5.74) is 0. The van der Waals surface area contributed by atoms with Gasteiger partial charge in [-0.2, -0.15) is 0 Å². The zero-order chi connectivity index (χ0) is 8.27. The summed E-state index contributed by atoms with van der Waals surface area (Å²) in [6, 6.07) is 0. The Morgan fingerprint density at radius 2 is 2.00 bits per heavy atom. The monoisotopic (exact) mass is 252 g/mol. The fourth-order valence-corrected chi connectivity index (χ4v) is 0.714. The first-order valence-corrected chi connectivity index (χ1v) is 3.59. The van der Waals surface area contributed by atoms with E-state index in [2.05, 4.69) is 30.6 Å². The van der Waals surface area contributed by atoms with Gasteiger partial charge in [-0.05, 0) is 15.9 Å². The van der Waals surface area contributed by atoms with Gasteiger partial charge in [0.05, 0.1) is 11.6 Å². The molecule has 0 unspecified atom stereocenters. The average Bonchev–Trinajstić information content (AvgIpc) is 2.05. The number of rotatable bonds is 1. The van der Waals surface area contributed by atoms with Gasteiger partial charge in [0, 0.05) is 12.4 Å². The minimum absolute atomic E-state index is 0. The molecule has 0 saturated carbocycles. The van der Waals surface area contributed by atoms with Crippen molar-refractivity contribution >= 4 is 34.3 Å².